The molecule has 0 aromatic rings. The van der Waals surface area contributed by atoms with Crippen molar-refractivity contribution in [1.29, 1.82) is 0 Å². The van der Waals surface area contributed by atoms with Gasteiger partial charge < -0.3 is 0 Å². The van der Waals surface area contributed by atoms with Crippen LogP contribution in [0.3, 0.4) is 0 Å². The molecule has 2 nitrogen and oxygen atoms in total. The van der Waals surface area contributed by atoms with Crippen LogP contribution in [0.25, 0.3) is 0 Å². The third kappa shape index (κ3) is 1.56. The standard InChI is InChI=1S/C6H10BrClN2S/c7-3-1-2-4(8)6-5(3)9-11-10-6/h3-6,9-10H,1-2H2. The molecule has 2 fully saturated rings. The van der Waals surface area contributed by atoms with Crippen LogP contribution in [0.5, 0.6) is 0 Å². The van der Waals surface area contributed by atoms with Crippen LogP contribution >= 0.6 is 39.7 Å². The highest BCUT2D eigenvalue weighted by Gasteiger charge is 2.40. The lowest BCUT2D eigenvalue weighted by atomic mass is 9.91. The number of alkyl halides is 2. The molecular weight excluding hydrogens is 248 g/mol. The normalized spacial score (nSPS) is 50.7. The maximum Gasteiger partial charge on any atom is 0.0521 e. The zero-order valence-corrected chi connectivity index (χ0v) is 9.05. The fraction of sp³-hybridized carbons (Fsp3) is 1.00. The molecule has 2 aliphatic rings. The summed E-state index contributed by atoms with van der Waals surface area (Å²) in [6, 6.07) is 0.927. The molecule has 1 heterocycles. The molecule has 2 rings (SSSR count). The van der Waals surface area contributed by atoms with Crippen molar-refractivity contribution in [1.82, 2.24) is 9.44 Å². The molecule has 0 spiro atoms. The van der Waals surface area contributed by atoms with Crippen molar-refractivity contribution in [2.75, 3.05) is 0 Å². The number of rotatable bonds is 0. The van der Waals surface area contributed by atoms with Crippen LogP contribution < -0.4 is 9.44 Å². The summed E-state index contributed by atoms with van der Waals surface area (Å²) in [5, 5.41) is 0.288. The fourth-order valence-electron chi connectivity index (χ4n) is 1.59. The van der Waals surface area contributed by atoms with Crippen molar-refractivity contribution >= 4 is 39.7 Å². The van der Waals surface area contributed by atoms with E-state index in [4.69, 9.17) is 11.6 Å². The van der Waals surface area contributed by atoms with Crippen molar-refractivity contribution in [2.24, 2.45) is 0 Å². The molecule has 1 aliphatic carbocycles. The lowest BCUT2D eigenvalue weighted by molar-refractivity contribution is 0.394. The summed E-state index contributed by atoms with van der Waals surface area (Å²) in [6.07, 6.45) is 2.28. The van der Waals surface area contributed by atoms with Crippen LogP contribution in [0.15, 0.2) is 0 Å². The topological polar surface area (TPSA) is 24.1 Å². The van der Waals surface area contributed by atoms with Crippen molar-refractivity contribution in [3.63, 3.8) is 0 Å². The maximum absolute atomic E-state index is 6.15. The third-order valence-corrected chi connectivity index (χ3v) is 4.57. The molecule has 4 atom stereocenters. The second kappa shape index (κ2) is 3.42. The monoisotopic (exact) mass is 256 g/mol. The first kappa shape index (κ1) is 8.63. The molecule has 0 aromatic heterocycles. The zero-order chi connectivity index (χ0) is 7.84. The van der Waals surface area contributed by atoms with Gasteiger partial charge in [0.05, 0.1) is 11.4 Å². The minimum atomic E-state index is 0.288. The van der Waals surface area contributed by atoms with Crippen LogP contribution in [0, 0.1) is 0 Å². The molecule has 1 saturated carbocycles. The van der Waals surface area contributed by atoms with E-state index < -0.39 is 0 Å². The molecule has 0 bridgehead atoms. The van der Waals surface area contributed by atoms with Crippen molar-refractivity contribution in [3.8, 4) is 0 Å². The van der Waals surface area contributed by atoms with Crippen molar-refractivity contribution in [3.05, 3.63) is 0 Å². The first-order valence-corrected chi connectivity index (χ1v) is 5.91. The Labute approximate surface area is 84.2 Å². The van der Waals surface area contributed by atoms with Gasteiger partial charge in [-0.2, -0.15) is 0 Å². The minimum Gasteiger partial charge on any atom is -0.245 e. The number of fused-ring (bicyclic) bond motifs is 1. The molecular formula is C6H10BrClN2S. The van der Waals surface area contributed by atoms with Gasteiger partial charge in [0.1, 0.15) is 0 Å². The van der Waals surface area contributed by atoms with Crippen molar-refractivity contribution < 1.29 is 0 Å². The second-order valence-corrected chi connectivity index (χ2v) is 5.41. The van der Waals surface area contributed by atoms with Crippen molar-refractivity contribution in [2.45, 2.75) is 35.1 Å². The van der Waals surface area contributed by atoms with E-state index in [9.17, 15) is 0 Å². The van der Waals surface area contributed by atoms with E-state index in [2.05, 4.69) is 25.4 Å². The molecule has 0 radical (unpaired) electrons. The van der Waals surface area contributed by atoms with Gasteiger partial charge in [-0.25, -0.2) is 9.44 Å². The number of nitrogens with one attached hydrogen (secondary N) is 2. The fourth-order valence-corrected chi connectivity index (χ4v) is 3.87. The number of halogens is 2. The summed E-state index contributed by atoms with van der Waals surface area (Å²) in [5.41, 5.74) is 0. The Morgan fingerprint density at radius 1 is 1.27 bits per heavy atom. The minimum absolute atomic E-state index is 0.288. The molecule has 2 N–H and O–H groups in total. The van der Waals surface area contributed by atoms with E-state index in [0.717, 1.165) is 6.42 Å². The summed E-state index contributed by atoms with van der Waals surface area (Å²) in [6.45, 7) is 0. The van der Waals surface area contributed by atoms with Crippen LogP contribution in [-0.4, -0.2) is 22.3 Å². The van der Waals surface area contributed by atoms with Gasteiger partial charge in [-0.1, -0.05) is 15.9 Å². The molecule has 4 unspecified atom stereocenters. The van der Waals surface area contributed by atoms with E-state index in [1.54, 1.807) is 12.1 Å². The summed E-state index contributed by atoms with van der Waals surface area (Å²) >= 11 is 11.4. The highest BCUT2D eigenvalue weighted by Crippen LogP contribution is 2.33. The van der Waals surface area contributed by atoms with Gasteiger partial charge in [0, 0.05) is 23.0 Å². The Balaban J connectivity index is 2.08. The summed E-state index contributed by atoms with van der Waals surface area (Å²) in [5.74, 6) is 0. The SMILES string of the molecule is ClC1CCC(Br)C2NSNC12. The average molecular weight is 258 g/mol. The Bertz CT molecular complexity index is 144. The summed E-state index contributed by atoms with van der Waals surface area (Å²) in [7, 11) is 0. The van der Waals surface area contributed by atoms with Crippen LogP contribution in [0.2, 0.25) is 0 Å². The van der Waals surface area contributed by atoms with Gasteiger partial charge in [0.2, 0.25) is 0 Å². The first-order chi connectivity index (χ1) is 5.29. The lowest BCUT2D eigenvalue weighted by Gasteiger charge is -2.32. The second-order valence-electron chi connectivity index (χ2n) is 3.00. The Kier molecular flexibility index (Phi) is 2.68. The predicted molar refractivity (Wildman–Crippen MR) is 53.0 cm³/mol. The largest absolute Gasteiger partial charge is 0.245 e. The van der Waals surface area contributed by atoms with E-state index >= 15 is 0 Å². The highest BCUT2D eigenvalue weighted by atomic mass is 79.9. The van der Waals surface area contributed by atoms with Gasteiger partial charge in [-0.15, -0.1) is 11.6 Å². The average Bonchev–Trinajstić information content (AvgIpc) is 2.45. The third-order valence-electron chi connectivity index (χ3n) is 2.27. The van der Waals surface area contributed by atoms with Crippen LogP contribution in [-0.2, 0) is 0 Å². The van der Waals surface area contributed by atoms with E-state index in [-0.39, 0.29) is 5.38 Å². The molecule has 1 saturated heterocycles. The molecule has 0 amide bonds. The maximum atomic E-state index is 6.15. The predicted octanol–water partition coefficient (Wildman–Crippen LogP) is 1.64. The van der Waals surface area contributed by atoms with Gasteiger partial charge >= 0.3 is 0 Å². The van der Waals surface area contributed by atoms with E-state index in [1.165, 1.54) is 6.42 Å². The molecule has 11 heavy (non-hydrogen) atoms. The number of hydrogen-bond acceptors (Lipinski definition) is 3. The molecule has 1 aliphatic heterocycles. The highest BCUT2D eigenvalue weighted by molar-refractivity contribution is 9.09. The van der Waals surface area contributed by atoms with Gasteiger partial charge in [-0.3, -0.25) is 0 Å². The Morgan fingerprint density at radius 2 is 2.00 bits per heavy atom. The van der Waals surface area contributed by atoms with Crippen LogP contribution in [0.1, 0.15) is 12.8 Å². The quantitative estimate of drug-likeness (QED) is 0.510. The first-order valence-electron chi connectivity index (χ1n) is 3.74. The van der Waals surface area contributed by atoms with Gasteiger partial charge in [0.15, 0.2) is 0 Å². The van der Waals surface area contributed by atoms with E-state index in [1.807, 2.05) is 0 Å². The number of hydrogen-bond donors (Lipinski definition) is 2. The molecule has 0 aromatic carbocycles. The van der Waals surface area contributed by atoms with Crippen LogP contribution in [0.4, 0.5) is 0 Å². The lowest BCUT2D eigenvalue weighted by Crippen LogP contribution is -2.49. The smallest absolute Gasteiger partial charge is 0.0521 e. The Morgan fingerprint density at radius 3 is 2.73 bits per heavy atom. The molecule has 64 valence electrons. The Hall–Kier alpha value is 1.04. The summed E-state index contributed by atoms with van der Waals surface area (Å²) in [4.78, 5) is 0.574. The summed E-state index contributed by atoms with van der Waals surface area (Å²) < 4.78 is 6.60. The van der Waals surface area contributed by atoms with Gasteiger partial charge in [-0.05, 0) is 12.8 Å². The van der Waals surface area contributed by atoms with Gasteiger partial charge in [0.25, 0.3) is 0 Å². The van der Waals surface area contributed by atoms with E-state index in [0.29, 0.717) is 16.9 Å². The molecule has 5 heteroatoms. The zero-order valence-electron chi connectivity index (χ0n) is 5.89.